The zero-order valence-electron chi connectivity index (χ0n) is 24.2. The van der Waals surface area contributed by atoms with Gasteiger partial charge in [0.05, 0.1) is 30.5 Å². The Hall–Kier alpha value is -2.48. The van der Waals surface area contributed by atoms with E-state index < -0.39 is 50.3 Å². The number of nitrogens with one attached hydrogen (secondary N) is 2. The summed E-state index contributed by atoms with van der Waals surface area (Å²) in [6.07, 6.45) is -0.762. The number of aliphatic hydroxyl groups is 2. The molecule has 13 nitrogen and oxygen atoms in total. The first kappa shape index (κ1) is 34.0. The van der Waals surface area contributed by atoms with Crippen molar-refractivity contribution in [1.29, 1.82) is 0 Å². The van der Waals surface area contributed by atoms with Gasteiger partial charge in [0.2, 0.25) is 0 Å². The molecule has 0 fully saturated rings. The molecule has 0 saturated carbocycles. The molecule has 1 aromatic carbocycles. The molecule has 2 unspecified atom stereocenters. The smallest absolute Gasteiger partial charge is 0.459 e. The van der Waals surface area contributed by atoms with E-state index in [0.29, 0.717) is 5.69 Å². The number of rotatable bonds is 17. The van der Waals surface area contributed by atoms with Crippen molar-refractivity contribution in [3.05, 3.63) is 53.9 Å². The van der Waals surface area contributed by atoms with Gasteiger partial charge >= 0.3 is 13.7 Å². The monoisotopic (exact) mass is 629 g/mol. The standard InChI is InChI=1S/C27H41ClN5O8P/c1-5-19(6-2)14-39-26(36)18(3)32-42(37,41-20-10-8-7-9-11-20)40-16-27(15-28,38-4)24(35)23(34)21-12-13-22-25(29)30-17-31-33(21)22/h7-13,17-19,23-25,34-35H,5-6,14-16,29H2,1-4H3,(H,30,31)(H,32,37)/t18-,23-,24-,25?,27+,42?/m0/s1. The van der Waals surface area contributed by atoms with Crippen molar-refractivity contribution < 1.29 is 38.1 Å². The van der Waals surface area contributed by atoms with Crippen molar-refractivity contribution in [2.24, 2.45) is 16.8 Å². The third kappa shape index (κ3) is 8.12. The minimum Gasteiger partial charge on any atom is -0.464 e. The molecule has 6 N–H and O–H groups in total. The Kier molecular flexibility index (Phi) is 12.4. The normalized spacial score (nSPS) is 19.6. The van der Waals surface area contributed by atoms with E-state index in [9.17, 15) is 19.6 Å². The van der Waals surface area contributed by atoms with E-state index in [1.54, 1.807) is 42.5 Å². The number of aromatic nitrogens is 1. The average molecular weight is 630 g/mol. The van der Waals surface area contributed by atoms with Crippen LogP contribution in [0.25, 0.3) is 0 Å². The van der Waals surface area contributed by atoms with Crippen LogP contribution in [0.2, 0.25) is 0 Å². The first-order valence-corrected chi connectivity index (χ1v) is 15.8. The highest BCUT2D eigenvalue weighted by molar-refractivity contribution is 7.52. The number of para-hydroxylation sites is 1. The number of alkyl halides is 1. The Labute approximate surface area is 250 Å². The topological polar surface area (TPSA) is 179 Å². The first-order chi connectivity index (χ1) is 20.0. The number of hydrogen-bond donors (Lipinski definition) is 5. The average Bonchev–Trinajstić information content (AvgIpc) is 3.43. The van der Waals surface area contributed by atoms with Gasteiger partial charge in [0.1, 0.15) is 42.1 Å². The highest BCUT2D eigenvalue weighted by Crippen LogP contribution is 2.46. The number of benzene rings is 1. The van der Waals surface area contributed by atoms with Gasteiger partial charge in [-0.05, 0) is 37.1 Å². The van der Waals surface area contributed by atoms with Crippen LogP contribution >= 0.6 is 19.3 Å². The molecule has 1 aliphatic rings. The van der Waals surface area contributed by atoms with E-state index in [0.717, 1.165) is 12.8 Å². The number of hydrogen-bond acceptors (Lipinski definition) is 11. The fraction of sp³-hybridized carbons (Fsp3) is 0.556. The van der Waals surface area contributed by atoms with Crippen LogP contribution < -0.4 is 20.7 Å². The molecule has 0 saturated heterocycles. The van der Waals surface area contributed by atoms with Gasteiger partial charge in [0, 0.05) is 7.11 Å². The lowest BCUT2D eigenvalue weighted by molar-refractivity contribution is -0.151. The van der Waals surface area contributed by atoms with Gasteiger partial charge < -0.3 is 35.3 Å². The fourth-order valence-corrected chi connectivity index (χ4v) is 6.13. The quantitative estimate of drug-likeness (QED) is 0.0986. The maximum absolute atomic E-state index is 14.0. The molecule has 2 aromatic rings. The summed E-state index contributed by atoms with van der Waals surface area (Å²) in [4.78, 5) is 12.7. The summed E-state index contributed by atoms with van der Waals surface area (Å²) < 4.78 is 37.9. The SMILES string of the molecule is CCC(CC)COC(=O)[C@H](C)NP(=O)(OC[C@@](CCl)(OC)[C@@H](O)[C@@H](O)c1ccc2n1N=CNC2N)Oc1ccccc1. The lowest BCUT2D eigenvalue weighted by Crippen LogP contribution is -2.53. The van der Waals surface area contributed by atoms with Crippen LogP contribution in [0.15, 0.2) is 47.6 Å². The van der Waals surface area contributed by atoms with Crippen LogP contribution in [-0.4, -0.2) is 71.1 Å². The molecule has 1 aliphatic heterocycles. The zero-order valence-corrected chi connectivity index (χ0v) is 25.8. The third-order valence-electron chi connectivity index (χ3n) is 7.20. The molecule has 0 radical (unpaired) electrons. The summed E-state index contributed by atoms with van der Waals surface area (Å²) in [5.74, 6) is -0.618. The molecule has 6 atom stereocenters. The summed E-state index contributed by atoms with van der Waals surface area (Å²) in [6.45, 7) is 5.11. The lowest BCUT2D eigenvalue weighted by Gasteiger charge is -2.38. The Morgan fingerprint density at radius 2 is 1.93 bits per heavy atom. The van der Waals surface area contributed by atoms with Gasteiger partial charge in [-0.15, -0.1) is 11.6 Å². The second kappa shape index (κ2) is 15.3. The van der Waals surface area contributed by atoms with E-state index in [1.807, 2.05) is 13.8 Å². The number of nitrogens with two attached hydrogens (primary N) is 1. The number of carbonyl (C=O) groups is 1. The summed E-state index contributed by atoms with van der Waals surface area (Å²) in [7, 11) is -3.06. The number of halogens is 1. The van der Waals surface area contributed by atoms with Crippen molar-refractivity contribution in [2.45, 2.75) is 63.6 Å². The molecule has 42 heavy (non-hydrogen) atoms. The van der Waals surface area contributed by atoms with Gasteiger partial charge in [-0.3, -0.25) is 9.32 Å². The van der Waals surface area contributed by atoms with Gasteiger partial charge in [-0.25, -0.2) is 9.24 Å². The largest absolute Gasteiger partial charge is 0.464 e. The van der Waals surface area contributed by atoms with Crippen LogP contribution in [-0.2, 0) is 23.4 Å². The summed E-state index contributed by atoms with van der Waals surface area (Å²) >= 11 is 6.27. The maximum atomic E-state index is 14.0. The van der Waals surface area contributed by atoms with Crippen LogP contribution in [0.5, 0.6) is 5.75 Å². The minimum absolute atomic E-state index is 0.197. The third-order valence-corrected chi connectivity index (χ3v) is 9.28. The predicted molar refractivity (Wildman–Crippen MR) is 158 cm³/mol. The van der Waals surface area contributed by atoms with Crippen LogP contribution in [0.1, 0.15) is 57.3 Å². The molecule has 0 spiro atoms. The Bertz CT molecular complexity index is 1220. The van der Waals surface area contributed by atoms with E-state index in [-0.39, 0.29) is 29.8 Å². The second-order valence-corrected chi connectivity index (χ2v) is 12.0. The van der Waals surface area contributed by atoms with Gasteiger partial charge in [0.25, 0.3) is 0 Å². The molecule has 234 valence electrons. The van der Waals surface area contributed by atoms with Crippen molar-refractivity contribution in [3.8, 4) is 5.75 Å². The zero-order chi connectivity index (χ0) is 30.9. The highest BCUT2D eigenvalue weighted by Gasteiger charge is 2.46. The second-order valence-electron chi connectivity index (χ2n) is 10.0. The van der Waals surface area contributed by atoms with Gasteiger partial charge in [-0.2, -0.15) is 10.2 Å². The van der Waals surface area contributed by atoms with Crippen molar-refractivity contribution in [2.75, 3.05) is 26.2 Å². The number of esters is 1. The molecule has 3 rings (SSSR count). The summed E-state index contributed by atoms with van der Waals surface area (Å²) in [6, 6.07) is 10.4. The van der Waals surface area contributed by atoms with Gasteiger partial charge in [0.15, 0.2) is 0 Å². The predicted octanol–water partition coefficient (Wildman–Crippen LogP) is 3.02. The molecular formula is C27H41ClN5O8P. The minimum atomic E-state index is -4.33. The number of carbonyl (C=O) groups excluding carboxylic acids is 1. The van der Waals surface area contributed by atoms with Crippen LogP contribution in [0.4, 0.5) is 0 Å². The van der Waals surface area contributed by atoms with E-state index in [1.165, 1.54) is 25.0 Å². The van der Waals surface area contributed by atoms with Gasteiger partial charge in [-0.1, -0.05) is 44.9 Å². The molecule has 0 bridgehead atoms. The van der Waals surface area contributed by atoms with Crippen molar-refractivity contribution >= 4 is 31.7 Å². The summed E-state index contributed by atoms with van der Waals surface area (Å²) in [5, 5.41) is 32.1. The van der Waals surface area contributed by atoms with Crippen LogP contribution in [0.3, 0.4) is 0 Å². The molecule has 0 aliphatic carbocycles. The van der Waals surface area contributed by atoms with E-state index in [4.69, 9.17) is 35.9 Å². The van der Waals surface area contributed by atoms with Crippen molar-refractivity contribution in [1.82, 2.24) is 15.1 Å². The fourth-order valence-electron chi connectivity index (χ4n) is 4.24. The number of fused-ring (bicyclic) bond motifs is 1. The summed E-state index contributed by atoms with van der Waals surface area (Å²) in [5.41, 5.74) is 5.02. The maximum Gasteiger partial charge on any atom is 0.459 e. The van der Waals surface area contributed by atoms with Crippen LogP contribution in [0, 0.1) is 5.92 Å². The van der Waals surface area contributed by atoms with E-state index >= 15 is 0 Å². The molecular weight excluding hydrogens is 589 g/mol. The number of nitrogens with zero attached hydrogens (tertiary/aromatic N) is 2. The van der Waals surface area contributed by atoms with Crippen molar-refractivity contribution in [3.63, 3.8) is 0 Å². The molecule has 0 amide bonds. The molecule has 1 aromatic heterocycles. The number of aliphatic hydroxyl groups excluding tert-OH is 2. The number of methoxy groups -OCH3 is 1. The first-order valence-electron chi connectivity index (χ1n) is 13.7. The highest BCUT2D eigenvalue weighted by atomic mass is 35.5. The Morgan fingerprint density at radius 1 is 1.24 bits per heavy atom. The molecule has 2 heterocycles. The van der Waals surface area contributed by atoms with E-state index in [2.05, 4.69) is 15.5 Å². The molecule has 15 heteroatoms. The Morgan fingerprint density at radius 3 is 2.55 bits per heavy atom. The lowest BCUT2D eigenvalue weighted by atomic mass is 9.93. The Balaban J connectivity index is 1.81. The number of ether oxygens (including phenoxy) is 2.